The summed E-state index contributed by atoms with van der Waals surface area (Å²) in [5, 5.41) is 9.83. The van der Waals surface area contributed by atoms with Gasteiger partial charge in [0.05, 0.1) is 6.04 Å². The van der Waals surface area contributed by atoms with Crippen LogP contribution >= 0.6 is 11.6 Å². The molecule has 3 nitrogen and oxygen atoms in total. The van der Waals surface area contributed by atoms with Gasteiger partial charge in [-0.05, 0) is 49.2 Å². The molecule has 0 bridgehead atoms. The molecule has 0 heterocycles. The molecule has 0 aliphatic carbocycles. The number of halogens is 1. The Morgan fingerprint density at radius 3 is 2.38 bits per heavy atom. The molecule has 0 aliphatic rings. The van der Waals surface area contributed by atoms with Gasteiger partial charge in [0, 0.05) is 10.7 Å². The van der Waals surface area contributed by atoms with Crippen molar-refractivity contribution in [3.05, 3.63) is 64.7 Å². The Morgan fingerprint density at radius 2 is 1.81 bits per heavy atom. The third-order valence-electron chi connectivity index (χ3n) is 3.57. The van der Waals surface area contributed by atoms with E-state index in [-0.39, 0.29) is 12.6 Å². The number of aliphatic carboxylic acids is 1. The van der Waals surface area contributed by atoms with Crippen molar-refractivity contribution in [1.82, 2.24) is 0 Å². The predicted molar refractivity (Wildman–Crippen MR) is 86.0 cm³/mol. The van der Waals surface area contributed by atoms with E-state index in [9.17, 15) is 9.90 Å². The zero-order valence-corrected chi connectivity index (χ0v) is 12.8. The summed E-state index contributed by atoms with van der Waals surface area (Å²) >= 11 is 5.91. The second kappa shape index (κ2) is 6.64. The van der Waals surface area contributed by atoms with E-state index in [0.29, 0.717) is 5.02 Å². The van der Waals surface area contributed by atoms with Crippen LogP contribution < -0.4 is 4.90 Å². The number of carbonyl (C=O) groups is 1. The largest absolute Gasteiger partial charge is 0.480 e. The van der Waals surface area contributed by atoms with E-state index in [1.165, 1.54) is 0 Å². The van der Waals surface area contributed by atoms with Gasteiger partial charge in [0.25, 0.3) is 0 Å². The lowest BCUT2D eigenvalue weighted by Gasteiger charge is -2.31. The minimum absolute atomic E-state index is 0.0384. The average molecular weight is 304 g/mol. The second-order valence-electron chi connectivity index (χ2n) is 5.03. The summed E-state index contributed by atoms with van der Waals surface area (Å²) in [4.78, 5) is 13.1. The SMILES string of the molecule is Cc1ccccc1C(C)N(CC(=O)O)c1ccc(Cl)cc1. The summed E-state index contributed by atoms with van der Waals surface area (Å²) in [7, 11) is 0. The fourth-order valence-corrected chi connectivity index (χ4v) is 2.58. The number of nitrogens with zero attached hydrogens (tertiary/aromatic N) is 1. The Labute approximate surface area is 129 Å². The molecule has 1 N–H and O–H groups in total. The van der Waals surface area contributed by atoms with Crippen LogP contribution in [-0.4, -0.2) is 17.6 Å². The maximum absolute atomic E-state index is 11.2. The molecule has 110 valence electrons. The first kappa shape index (κ1) is 15.4. The van der Waals surface area contributed by atoms with Gasteiger partial charge in [0.15, 0.2) is 0 Å². The zero-order chi connectivity index (χ0) is 15.4. The van der Waals surface area contributed by atoms with E-state index >= 15 is 0 Å². The van der Waals surface area contributed by atoms with Crippen molar-refractivity contribution in [2.75, 3.05) is 11.4 Å². The van der Waals surface area contributed by atoms with E-state index in [0.717, 1.165) is 16.8 Å². The Morgan fingerprint density at radius 1 is 1.19 bits per heavy atom. The lowest BCUT2D eigenvalue weighted by Crippen LogP contribution is -2.32. The third-order valence-corrected chi connectivity index (χ3v) is 3.82. The summed E-state index contributed by atoms with van der Waals surface area (Å²) in [6, 6.07) is 15.2. The first-order valence-corrected chi connectivity index (χ1v) is 7.16. The number of aryl methyl sites for hydroxylation is 1. The fraction of sp³-hybridized carbons (Fsp3) is 0.235. The van der Waals surface area contributed by atoms with E-state index in [2.05, 4.69) is 0 Å². The van der Waals surface area contributed by atoms with Gasteiger partial charge in [0.1, 0.15) is 6.54 Å². The molecule has 0 fully saturated rings. The lowest BCUT2D eigenvalue weighted by molar-refractivity contribution is -0.135. The van der Waals surface area contributed by atoms with Crippen LogP contribution in [0, 0.1) is 6.92 Å². The van der Waals surface area contributed by atoms with Crippen LogP contribution in [0.25, 0.3) is 0 Å². The van der Waals surface area contributed by atoms with Crippen LogP contribution in [0.3, 0.4) is 0 Å². The second-order valence-corrected chi connectivity index (χ2v) is 5.47. The number of hydrogen-bond donors (Lipinski definition) is 1. The van der Waals surface area contributed by atoms with Gasteiger partial charge in [-0.3, -0.25) is 4.79 Å². The number of rotatable bonds is 5. The van der Waals surface area contributed by atoms with Gasteiger partial charge in [-0.15, -0.1) is 0 Å². The van der Waals surface area contributed by atoms with Crippen molar-refractivity contribution in [2.45, 2.75) is 19.9 Å². The summed E-state index contributed by atoms with van der Waals surface area (Å²) < 4.78 is 0. The number of benzene rings is 2. The molecule has 1 atom stereocenters. The molecule has 0 spiro atoms. The van der Waals surface area contributed by atoms with Crippen molar-refractivity contribution in [1.29, 1.82) is 0 Å². The Kier molecular flexibility index (Phi) is 4.86. The molecule has 2 rings (SSSR count). The van der Waals surface area contributed by atoms with Crippen LogP contribution in [0.4, 0.5) is 5.69 Å². The van der Waals surface area contributed by atoms with Gasteiger partial charge >= 0.3 is 5.97 Å². The fourth-order valence-electron chi connectivity index (χ4n) is 2.45. The van der Waals surface area contributed by atoms with Crippen molar-refractivity contribution >= 4 is 23.3 Å². The summed E-state index contributed by atoms with van der Waals surface area (Å²) in [6.07, 6.45) is 0. The smallest absolute Gasteiger partial charge is 0.323 e. The Hall–Kier alpha value is -2.00. The topological polar surface area (TPSA) is 40.5 Å². The highest BCUT2D eigenvalue weighted by molar-refractivity contribution is 6.30. The molecule has 2 aromatic rings. The minimum atomic E-state index is -0.856. The van der Waals surface area contributed by atoms with E-state index in [4.69, 9.17) is 11.6 Å². The van der Waals surface area contributed by atoms with Crippen molar-refractivity contribution in [3.63, 3.8) is 0 Å². The number of hydrogen-bond acceptors (Lipinski definition) is 2. The Bertz CT molecular complexity index is 625. The van der Waals surface area contributed by atoms with Crippen LogP contribution in [0.1, 0.15) is 24.1 Å². The summed E-state index contributed by atoms with van der Waals surface area (Å²) in [5.74, 6) is -0.856. The van der Waals surface area contributed by atoms with Crippen LogP contribution in [0.15, 0.2) is 48.5 Å². The zero-order valence-electron chi connectivity index (χ0n) is 12.1. The van der Waals surface area contributed by atoms with Crippen LogP contribution in [-0.2, 0) is 4.79 Å². The molecule has 1 unspecified atom stereocenters. The number of carboxylic acids is 1. The molecular formula is C17H18ClNO2. The third kappa shape index (κ3) is 3.76. The Balaban J connectivity index is 2.38. The molecule has 0 aliphatic heterocycles. The lowest BCUT2D eigenvalue weighted by atomic mass is 10.0. The molecule has 2 aromatic carbocycles. The van der Waals surface area contributed by atoms with Crippen molar-refractivity contribution < 1.29 is 9.90 Å². The first-order valence-electron chi connectivity index (χ1n) is 6.78. The van der Waals surface area contributed by atoms with Gasteiger partial charge in [0.2, 0.25) is 0 Å². The molecule has 0 saturated heterocycles. The maximum Gasteiger partial charge on any atom is 0.323 e. The molecule has 0 radical (unpaired) electrons. The predicted octanol–water partition coefficient (Wildman–Crippen LogP) is 4.30. The standard InChI is InChI=1S/C17H18ClNO2/c1-12-5-3-4-6-16(12)13(2)19(11-17(20)21)15-9-7-14(18)8-10-15/h3-10,13H,11H2,1-2H3,(H,20,21). The highest BCUT2D eigenvalue weighted by Crippen LogP contribution is 2.29. The first-order chi connectivity index (χ1) is 9.99. The quantitative estimate of drug-likeness (QED) is 0.895. The molecule has 21 heavy (non-hydrogen) atoms. The van der Waals surface area contributed by atoms with Crippen LogP contribution in [0.5, 0.6) is 0 Å². The molecule has 0 aromatic heterocycles. The highest BCUT2D eigenvalue weighted by Gasteiger charge is 2.20. The number of anilines is 1. The van der Waals surface area contributed by atoms with Crippen LogP contribution in [0.2, 0.25) is 5.02 Å². The van der Waals surface area contributed by atoms with Gasteiger partial charge in [-0.25, -0.2) is 0 Å². The van der Waals surface area contributed by atoms with Crippen molar-refractivity contribution in [2.24, 2.45) is 0 Å². The van der Waals surface area contributed by atoms with E-state index < -0.39 is 5.97 Å². The highest BCUT2D eigenvalue weighted by atomic mass is 35.5. The molecule has 0 saturated carbocycles. The molecule has 0 amide bonds. The number of carboxylic acid groups (broad SMARTS) is 1. The molecule has 4 heteroatoms. The summed E-state index contributed by atoms with van der Waals surface area (Å²) in [6.45, 7) is 3.99. The van der Waals surface area contributed by atoms with Gasteiger partial charge in [-0.1, -0.05) is 35.9 Å². The van der Waals surface area contributed by atoms with Gasteiger partial charge in [-0.2, -0.15) is 0 Å². The van der Waals surface area contributed by atoms with Gasteiger partial charge < -0.3 is 10.0 Å². The van der Waals surface area contributed by atoms with E-state index in [1.54, 1.807) is 12.1 Å². The van der Waals surface area contributed by atoms with E-state index in [1.807, 2.05) is 55.1 Å². The summed E-state index contributed by atoms with van der Waals surface area (Å²) in [5.41, 5.74) is 3.11. The monoisotopic (exact) mass is 303 g/mol. The normalized spacial score (nSPS) is 12.0. The minimum Gasteiger partial charge on any atom is -0.480 e. The molecular weight excluding hydrogens is 286 g/mol. The average Bonchev–Trinajstić information content (AvgIpc) is 2.45. The maximum atomic E-state index is 11.2. The van der Waals surface area contributed by atoms with Crippen molar-refractivity contribution in [3.8, 4) is 0 Å².